The molecule has 1 N–H and O–H groups in total. The zero-order chi connectivity index (χ0) is 24.6. The van der Waals surface area contributed by atoms with Crippen molar-refractivity contribution in [2.24, 2.45) is 4.99 Å². The van der Waals surface area contributed by atoms with Crippen LogP contribution in [-0.2, 0) is 12.6 Å². The molecular formula is C26H35ClIN3O3. The van der Waals surface area contributed by atoms with Crippen molar-refractivity contribution in [1.29, 1.82) is 0 Å². The molecule has 8 heteroatoms. The average molecular weight is 600 g/mol. The van der Waals surface area contributed by atoms with Gasteiger partial charge >= 0.3 is 118 Å². The topological polar surface area (TPSA) is 63.2 Å². The van der Waals surface area contributed by atoms with Gasteiger partial charge < -0.3 is 0 Å². The van der Waals surface area contributed by atoms with Crippen molar-refractivity contribution in [1.82, 2.24) is 5.32 Å². The standard InChI is InChI=1S/C26H35ClIN3O3/c1-26(2,12-15-33-16-17-34-28(3)4)30-13-14-31-23-11-10-21(27)18-22(23)25(29-19-24(31)32)20-8-6-5-7-9-20/h5-11,18,30H,12-17,19H2,1-4H3. The first kappa shape index (κ1) is 27.1. The third-order valence-electron chi connectivity index (χ3n) is 5.56. The number of rotatable bonds is 12. The van der Waals surface area contributed by atoms with Gasteiger partial charge in [-0.2, -0.15) is 0 Å². The van der Waals surface area contributed by atoms with E-state index in [0.29, 0.717) is 37.9 Å². The van der Waals surface area contributed by atoms with Gasteiger partial charge in [-0.15, -0.1) is 0 Å². The molecule has 0 bridgehead atoms. The number of carbonyl (C=O) groups is 1. The Morgan fingerprint density at radius 3 is 2.62 bits per heavy atom. The van der Waals surface area contributed by atoms with E-state index in [4.69, 9.17) is 19.4 Å². The van der Waals surface area contributed by atoms with Crippen LogP contribution in [0.3, 0.4) is 0 Å². The molecule has 1 heterocycles. The molecule has 0 aliphatic carbocycles. The number of hydrogen-bond acceptors (Lipinski definition) is 5. The number of amides is 1. The number of alkyl halides is 2. The van der Waals surface area contributed by atoms with E-state index < -0.39 is 20.2 Å². The van der Waals surface area contributed by atoms with E-state index in [1.165, 1.54) is 0 Å². The van der Waals surface area contributed by atoms with Crippen LogP contribution in [0.2, 0.25) is 5.02 Å². The van der Waals surface area contributed by atoms with E-state index in [0.717, 1.165) is 28.9 Å². The van der Waals surface area contributed by atoms with E-state index in [2.05, 4.69) is 34.0 Å². The Kier molecular flexibility index (Phi) is 10.3. The Morgan fingerprint density at radius 1 is 1.12 bits per heavy atom. The molecule has 1 amide bonds. The molecule has 1 aliphatic rings. The smallest absolute Gasteiger partial charge is 0.274 e. The minimum absolute atomic E-state index is 0.0217. The van der Waals surface area contributed by atoms with Gasteiger partial charge in [-0.05, 0) is 18.2 Å². The number of aliphatic imine (C=N–C) groups is 1. The second-order valence-electron chi connectivity index (χ2n) is 8.91. The van der Waals surface area contributed by atoms with E-state index in [1.807, 2.05) is 53.4 Å². The predicted molar refractivity (Wildman–Crippen MR) is 150 cm³/mol. The summed E-state index contributed by atoms with van der Waals surface area (Å²) in [7, 11) is 0. The van der Waals surface area contributed by atoms with Crippen LogP contribution < -0.4 is 10.2 Å². The molecule has 3 rings (SSSR count). The van der Waals surface area contributed by atoms with Crippen molar-refractivity contribution in [2.45, 2.75) is 25.8 Å². The third kappa shape index (κ3) is 8.02. The molecule has 6 nitrogen and oxygen atoms in total. The van der Waals surface area contributed by atoms with Gasteiger partial charge in [0, 0.05) is 16.1 Å². The van der Waals surface area contributed by atoms with Crippen LogP contribution in [0, 0.1) is 0 Å². The van der Waals surface area contributed by atoms with Crippen molar-refractivity contribution in [3.8, 4) is 0 Å². The normalized spacial score (nSPS) is 14.5. The molecule has 0 saturated carbocycles. The van der Waals surface area contributed by atoms with Gasteiger partial charge in [0.05, 0.1) is 5.71 Å². The summed E-state index contributed by atoms with van der Waals surface area (Å²) in [6.45, 7) is 7.61. The molecule has 0 radical (unpaired) electrons. The minimum Gasteiger partial charge on any atom is -0.274 e. The summed E-state index contributed by atoms with van der Waals surface area (Å²) >= 11 is 5.20. The number of benzodiazepines with no additional fused rings is 1. The Labute approximate surface area is 216 Å². The molecule has 0 spiro atoms. The summed E-state index contributed by atoms with van der Waals surface area (Å²) < 4.78 is 11.4. The second kappa shape index (κ2) is 13.0. The minimum atomic E-state index is -1.14. The first-order valence-electron chi connectivity index (χ1n) is 11.4. The zero-order valence-corrected chi connectivity index (χ0v) is 23.4. The number of nitrogens with zero attached hydrogens (tertiary/aromatic N) is 2. The predicted octanol–water partition coefficient (Wildman–Crippen LogP) is 5.00. The van der Waals surface area contributed by atoms with Gasteiger partial charge in [0.25, 0.3) is 0 Å². The number of fused-ring (bicyclic) bond motifs is 1. The van der Waals surface area contributed by atoms with E-state index in [9.17, 15) is 4.79 Å². The van der Waals surface area contributed by atoms with Gasteiger partial charge in [0.15, 0.2) is 0 Å². The fraction of sp³-hybridized carbons (Fsp3) is 0.462. The molecule has 0 atom stereocenters. The summed E-state index contributed by atoms with van der Waals surface area (Å²) in [5.74, 6) is -0.0217. The van der Waals surface area contributed by atoms with E-state index in [-0.39, 0.29) is 18.0 Å². The van der Waals surface area contributed by atoms with Crippen molar-refractivity contribution >= 4 is 49.1 Å². The van der Waals surface area contributed by atoms with Crippen molar-refractivity contribution in [3.05, 3.63) is 64.7 Å². The third-order valence-corrected chi connectivity index (χ3v) is 7.48. The van der Waals surface area contributed by atoms with Crippen LogP contribution in [-0.4, -0.2) is 66.5 Å². The number of ether oxygens (including phenoxy) is 1. The Hall–Kier alpha value is -1.52. The number of anilines is 1. The quantitative estimate of drug-likeness (QED) is 0.212. The number of hydrogen-bond donors (Lipinski definition) is 1. The zero-order valence-electron chi connectivity index (χ0n) is 20.4. The second-order valence-corrected chi connectivity index (χ2v) is 13.9. The molecule has 34 heavy (non-hydrogen) atoms. The Bertz CT molecular complexity index is 983. The number of nitrogens with one attached hydrogen (secondary N) is 1. The fourth-order valence-electron chi connectivity index (χ4n) is 3.74. The number of carbonyl (C=O) groups excluding carboxylic acids is 1. The Morgan fingerprint density at radius 2 is 1.88 bits per heavy atom. The van der Waals surface area contributed by atoms with Crippen LogP contribution >= 0.6 is 31.8 Å². The van der Waals surface area contributed by atoms with E-state index in [1.54, 1.807) is 0 Å². The summed E-state index contributed by atoms with van der Waals surface area (Å²) in [6, 6.07) is 15.6. The molecular weight excluding hydrogens is 565 g/mol. The van der Waals surface area contributed by atoms with Crippen molar-refractivity contribution < 1.29 is 12.6 Å². The fourth-order valence-corrected chi connectivity index (χ4v) is 4.97. The number of benzene rings is 2. The molecule has 186 valence electrons. The molecule has 2 aromatic carbocycles. The first-order valence-corrected chi connectivity index (χ1v) is 17.0. The molecule has 1 aliphatic heterocycles. The van der Waals surface area contributed by atoms with Gasteiger partial charge in [-0.3, -0.25) is 9.79 Å². The van der Waals surface area contributed by atoms with Crippen molar-refractivity contribution in [3.63, 3.8) is 0 Å². The monoisotopic (exact) mass is 599 g/mol. The van der Waals surface area contributed by atoms with Gasteiger partial charge in [-0.1, -0.05) is 41.9 Å². The van der Waals surface area contributed by atoms with Crippen molar-refractivity contribution in [2.75, 3.05) is 54.2 Å². The summed E-state index contributed by atoms with van der Waals surface area (Å²) in [5, 5.41) is 4.20. The summed E-state index contributed by atoms with van der Waals surface area (Å²) in [4.78, 5) is 23.9. The van der Waals surface area contributed by atoms with Gasteiger partial charge in [0.2, 0.25) is 0 Å². The van der Waals surface area contributed by atoms with Crippen LogP contribution in [0.4, 0.5) is 5.69 Å². The first-order chi connectivity index (χ1) is 16.3. The van der Waals surface area contributed by atoms with Crippen LogP contribution in [0.5, 0.6) is 0 Å². The summed E-state index contributed by atoms with van der Waals surface area (Å²) in [5.41, 5.74) is 3.37. The molecule has 0 saturated heterocycles. The van der Waals surface area contributed by atoms with Crippen LogP contribution in [0.1, 0.15) is 31.4 Å². The Balaban J connectivity index is 1.62. The van der Waals surface area contributed by atoms with Gasteiger partial charge in [0.1, 0.15) is 6.54 Å². The average Bonchev–Trinajstić information content (AvgIpc) is 2.93. The number of halogens is 2. The van der Waals surface area contributed by atoms with E-state index >= 15 is 0 Å². The maximum absolute atomic E-state index is 13.0. The van der Waals surface area contributed by atoms with Crippen LogP contribution in [0.15, 0.2) is 53.5 Å². The van der Waals surface area contributed by atoms with Crippen LogP contribution in [0.25, 0.3) is 0 Å². The van der Waals surface area contributed by atoms with Gasteiger partial charge in [-0.25, -0.2) is 0 Å². The SMILES string of the molecule is CI(C)OCCOCCC(C)(C)NCCN1C(=O)CN=C(c2ccccc2)c2cc(Cl)ccc21. The summed E-state index contributed by atoms with van der Waals surface area (Å²) in [6.07, 6.45) is 0.870. The molecule has 2 aromatic rings. The molecule has 0 unspecified atom stereocenters. The molecule has 0 aromatic heterocycles. The molecule has 0 fully saturated rings. The maximum atomic E-state index is 13.0.